The van der Waals surface area contributed by atoms with Crippen LogP contribution in [0.3, 0.4) is 0 Å². The van der Waals surface area contributed by atoms with Crippen LogP contribution in [-0.4, -0.2) is 5.91 Å². The van der Waals surface area contributed by atoms with Gasteiger partial charge >= 0.3 is 0 Å². The van der Waals surface area contributed by atoms with E-state index in [4.69, 9.17) is 4.42 Å². The van der Waals surface area contributed by atoms with Crippen molar-refractivity contribution in [3.05, 3.63) is 60.1 Å². The first-order chi connectivity index (χ1) is 9.34. The SMILES string of the molecule is O=C(NCc1ccco1)C(c1ccccc1)C1CC1. The van der Waals surface area contributed by atoms with Crippen LogP contribution in [0.25, 0.3) is 0 Å². The van der Waals surface area contributed by atoms with Crippen molar-refractivity contribution < 1.29 is 9.21 Å². The van der Waals surface area contributed by atoms with Crippen molar-refractivity contribution in [1.29, 1.82) is 0 Å². The Morgan fingerprint density at radius 3 is 2.63 bits per heavy atom. The molecule has 0 bridgehead atoms. The number of carbonyl (C=O) groups excluding carboxylic acids is 1. The van der Waals surface area contributed by atoms with Crippen molar-refractivity contribution in [2.45, 2.75) is 25.3 Å². The van der Waals surface area contributed by atoms with Gasteiger partial charge in [0, 0.05) is 0 Å². The summed E-state index contributed by atoms with van der Waals surface area (Å²) in [6, 6.07) is 13.7. The van der Waals surface area contributed by atoms with Crippen LogP contribution in [0.2, 0.25) is 0 Å². The fourth-order valence-electron chi connectivity index (χ4n) is 2.42. The van der Waals surface area contributed by atoms with Gasteiger partial charge < -0.3 is 9.73 Å². The summed E-state index contributed by atoms with van der Waals surface area (Å²) in [5.41, 5.74) is 1.11. The highest BCUT2D eigenvalue weighted by molar-refractivity contribution is 5.84. The Hall–Kier alpha value is -2.03. The maximum absolute atomic E-state index is 12.4. The maximum atomic E-state index is 12.4. The average Bonchev–Trinajstić information content (AvgIpc) is 3.13. The highest BCUT2D eigenvalue weighted by atomic mass is 16.3. The molecule has 1 N–H and O–H groups in total. The van der Waals surface area contributed by atoms with Crippen molar-refractivity contribution in [2.75, 3.05) is 0 Å². The molecule has 1 atom stereocenters. The van der Waals surface area contributed by atoms with Gasteiger partial charge in [-0.3, -0.25) is 4.79 Å². The third kappa shape index (κ3) is 2.87. The second-order valence-corrected chi connectivity index (χ2v) is 5.02. The van der Waals surface area contributed by atoms with Crippen LogP contribution < -0.4 is 5.32 Å². The third-order valence-corrected chi connectivity index (χ3v) is 3.55. The molecule has 2 aromatic rings. The van der Waals surface area contributed by atoms with Gasteiger partial charge in [0.15, 0.2) is 0 Å². The summed E-state index contributed by atoms with van der Waals surface area (Å²) in [5.74, 6) is 1.37. The molecule has 98 valence electrons. The first-order valence-electron chi connectivity index (χ1n) is 6.69. The molecule has 1 aromatic carbocycles. The molecule has 19 heavy (non-hydrogen) atoms. The molecule has 1 aliphatic carbocycles. The van der Waals surface area contributed by atoms with Crippen LogP contribution in [0.1, 0.15) is 30.1 Å². The fourth-order valence-corrected chi connectivity index (χ4v) is 2.42. The first-order valence-corrected chi connectivity index (χ1v) is 6.69. The van der Waals surface area contributed by atoms with Crippen LogP contribution in [0, 0.1) is 5.92 Å². The number of furan rings is 1. The Morgan fingerprint density at radius 2 is 2.00 bits per heavy atom. The minimum Gasteiger partial charge on any atom is -0.467 e. The normalized spacial score (nSPS) is 16.0. The molecule has 0 saturated heterocycles. The monoisotopic (exact) mass is 255 g/mol. The molecule has 3 rings (SSSR count). The Balaban J connectivity index is 1.68. The third-order valence-electron chi connectivity index (χ3n) is 3.55. The molecule has 0 spiro atoms. The number of hydrogen-bond acceptors (Lipinski definition) is 2. The quantitative estimate of drug-likeness (QED) is 0.892. The van der Waals surface area contributed by atoms with Crippen molar-refractivity contribution in [1.82, 2.24) is 5.32 Å². The van der Waals surface area contributed by atoms with E-state index in [9.17, 15) is 4.79 Å². The number of amides is 1. The van der Waals surface area contributed by atoms with E-state index in [2.05, 4.69) is 5.32 Å². The Kier molecular flexibility index (Phi) is 3.36. The van der Waals surface area contributed by atoms with E-state index in [1.165, 1.54) is 0 Å². The maximum Gasteiger partial charge on any atom is 0.228 e. The van der Waals surface area contributed by atoms with Crippen molar-refractivity contribution in [3.8, 4) is 0 Å². The zero-order valence-corrected chi connectivity index (χ0v) is 10.7. The Bertz CT molecular complexity index is 529. The summed E-state index contributed by atoms with van der Waals surface area (Å²) < 4.78 is 5.23. The van der Waals surface area contributed by atoms with Crippen LogP contribution in [0.4, 0.5) is 0 Å². The zero-order chi connectivity index (χ0) is 13.1. The van der Waals surface area contributed by atoms with Gasteiger partial charge in [-0.1, -0.05) is 30.3 Å². The minimum absolute atomic E-state index is 0.0174. The summed E-state index contributed by atoms with van der Waals surface area (Å²) >= 11 is 0. The largest absolute Gasteiger partial charge is 0.467 e. The molecule has 3 nitrogen and oxygen atoms in total. The van der Waals surface area contributed by atoms with Gasteiger partial charge in [-0.2, -0.15) is 0 Å². The number of benzene rings is 1. The molecule has 1 amide bonds. The standard InChI is InChI=1S/C16H17NO2/c18-16(17-11-14-7-4-10-19-14)15(13-8-9-13)12-5-2-1-3-6-12/h1-7,10,13,15H,8-9,11H2,(H,17,18). The Morgan fingerprint density at radius 1 is 1.21 bits per heavy atom. The molecule has 1 unspecified atom stereocenters. The van der Waals surface area contributed by atoms with Gasteiger partial charge in [0.1, 0.15) is 5.76 Å². The second-order valence-electron chi connectivity index (χ2n) is 5.02. The van der Waals surface area contributed by atoms with E-state index in [1.54, 1.807) is 6.26 Å². The van der Waals surface area contributed by atoms with E-state index in [1.807, 2.05) is 42.5 Å². The van der Waals surface area contributed by atoms with Gasteiger partial charge in [-0.15, -0.1) is 0 Å². The second kappa shape index (κ2) is 5.31. The molecule has 0 aliphatic heterocycles. The van der Waals surface area contributed by atoms with E-state index < -0.39 is 0 Å². The van der Waals surface area contributed by atoms with E-state index in [-0.39, 0.29) is 11.8 Å². The van der Waals surface area contributed by atoms with Crippen LogP contribution in [0.15, 0.2) is 53.1 Å². The van der Waals surface area contributed by atoms with E-state index in [0.717, 1.165) is 24.2 Å². The first kappa shape index (κ1) is 12.0. The van der Waals surface area contributed by atoms with E-state index >= 15 is 0 Å². The molecule has 1 heterocycles. The van der Waals surface area contributed by atoms with Gasteiger partial charge in [0.2, 0.25) is 5.91 Å². The molecule has 1 fully saturated rings. The van der Waals surface area contributed by atoms with Gasteiger partial charge in [-0.05, 0) is 36.5 Å². The lowest BCUT2D eigenvalue weighted by Gasteiger charge is -2.16. The van der Waals surface area contributed by atoms with Crippen molar-refractivity contribution in [3.63, 3.8) is 0 Å². The summed E-state index contributed by atoms with van der Waals surface area (Å²) in [7, 11) is 0. The lowest BCUT2D eigenvalue weighted by Crippen LogP contribution is -2.30. The predicted molar refractivity (Wildman–Crippen MR) is 72.5 cm³/mol. The number of nitrogens with one attached hydrogen (secondary N) is 1. The topological polar surface area (TPSA) is 42.2 Å². The Labute approximate surface area is 112 Å². The summed E-state index contributed by atoms with van der Waals surface area (Å²) in [6.45, 7) is 0.460. The molecular weight excluding hydrogens is 238 g/mol. The van der Waals surface area contributed by atoms with Gasteiger partial charge in [-0.25, -0.2) is 0 Å². The van der Waals surface area contributed by atoms with Crippen LogP contribution >= 0.6 is 0 Å². The van der Waals surface area contributed by atoms with Gasteiger partial charge in [0.25, 0.3) is 0 Å². The molecule has 3 heteroatoms. The summed E-state index contributed by atoms with van der Waals surface area (Å²) in [4.78, 5) is 12.4. The molecule has 1 aromatic heterocycles. The van der Waals surface area contributed by atoms with Crippen LogP contribution in [-0.2, 0) is 11.3 Å². The zero-order valence-electron chi connectivity index (χ0n) is 10.7. The minimum atomic E-state index is -0.0174. The molecule has 1 aliphatic rings. The highest BCUT2D eigenvalue weighted by Crippen LogP contribution is 2.42. The predicted octanol–water partition coefficient (Wildman–Crippen LogP) is 3.09. The van der Waals surface area contributed by atoms with Crippen molar-refractivity contribution in [2.24, 2.45) is 5.92 Å². The fraction of sp³-hybridized carbons (Fsp3) is 0.312. The average molecular weight is 255 g/mol. The lowest BCUT2D eigenvalue weighted by atomic mass is 9.93. The summed E-state index contributed by atoms with van der Waals surface area (Å²) in [6.07, 6.45) is 3.92. The van der Waals surface area contributed by atoms with E-state index in [0.29, 0.717) is 12.5 Å². The highest BCUT2D eigenvalue weighted by Gasteiger charge is 2.36. The van der Waals surface area contributed by atoms with Crippen LogP contribution in [0.5, 0.6) is 0 Å². The summed E-state index contributed by atoms with van der Waals surface area (Å²) in [5, 5.41) is 2.97. The molecular formula is C16H17NO2. The lowest BCUT2D eigenvalue weighted by molar-refractivity contribution is -0.123. The van der Waals surface area contributed by atoms with Crippen molar-refractivity contribution >= 4 is 5.91 Å². The number of rotatable bonds is 5. The molecule has 1 saturated carbocycles. The smallest absolute Gasteiger partial charge is 0.228 e. The number of carbonyl (C=O) groups is 1. The molecule has 0 radical (unpaired) electrons. The van der Waals surface area contributed by atoms with Gasteiger partial charge in [0.05, 0.1) is 18.7 Å². The number of hydrogen-bond donors (Lipinski definition) is 1.